The summed E-state index contributed by atoms with van der Waals surface area (Å²) in [5.74, 6) is -0.185. The van der Waals surface area contributed by atoms with Crippen molar-refractivity contribution in [3.8, 4) is 0 Å². The molecular weight excluding hydrogens is 205 g/mol. The fourth-order valence-electron chi connectivity index (χ4n) is 1.56. The van der Waals surface area contributed by atoms with Gasteiger partial charge in [0.2, 0.25) is 0 Å². The number of aromatic nitrogens is 2. The van der Waals surface area contributed by atoms with E-state index in [1.54, 1.807) is 23.9 Å². The van der Waals surface area contributed by atoms with Crippen LogP contribution in [-0.2, 0) is 13.6 Å². The van der Waals surface area contributed by atoms with Crippen LogP contribution < -0.4 is 5.32 Å². The number of hydrogen-bond acceptors (Lipinski definition) is 2. The molecule has 0 saturated carbocycles. The highest BCUT2D eigenvalue weighted by Crippen LogP contribution is 2.17. The molecule has 2 aromatic rings. The van der Waals surface area contributed by atoms with Crippen LogP contribution in [0.1, 0.15) is 11.3 Å². The fourth-order valence-corrected chi connectivity index (χ4v) is 1.56. The van der Waals surface area contributed by atoms with E-state index in [2.05, 4.69) is 10.4 Å². The molecule has 0 amide bonds. The second kappa shape index (κ2) is 4.35. The summed E-state index contributed by atoms with van der Waals surface area (Å²) >= 11 is 0. The van der Waals surface area contributed by atoms with Crippen molar-refractivity contribution in [1.29, 1.82) is 0 Å². The van der Waals surface area contributed by atoms with Crippen LogP contribution in [0.5, 0.6) is 0 Å². The average Bonchev–Trinajstić information content (AvgIpc) is 2.67. The van der Waals surface area contributed by atoms with Gasteiger partial charge in [0.1, 0.15) is 5.82 Å². The average molecular weight is 219 g/mol. The number of rotatable bonds is 3. The van der Waals surface area contributed by atoms with Crippen LogP contribution in [-0.4, -0.2) is 9.78 Å². The van der Waals surface area contributed by atoms with E-state index >= 15 is 0 Å². The third kappa shape index (κ3) is 2.05. The van der Waals surface area contributed by atoms with Gasteiger partial charge in [-0.2, -0.15) is 5.10 Å². The Morgan fingerprint density at radius 1 is 1.38 bits per heavy atom. The lowest BCUT2D eigenvalue weighted by atomic mass is 10.2. The summed E-state index contributed by atoms with van der Waals surface area (Å²) in [4.78, 5) is 0. The van der Waals surface area contributed by atoms with Crippen LogP contribution in [0.15, 0.2) is 30.5 Å². The largest absolute Gasteiger partial charge is 0.379 e. The molecule has 1 aromatic heterocycles. The molecular formula is C12H14FN3. The Morgan fingerprint density at radius 2 is 2.19 bits per heavy atom. The highest BCUT2D eigenvalue weighted by atomic mass is 19.1. The number of halogens is 1. The second-order valence-electron chi connectivity index (χ2n) is 3.71. The number of anilines is 1. The lowest BCUT2D eigenvalue weighted by molar-refractivity contribution is 0.619. The van der Waals surface area contributed by atoms with Crippen molar-refractivity contribution in [1.82, 2.24) is 9.78 Å². The highest BCUT2D eigenvalue weighted by Gasteiger charge is 2.03. The van der Waals surface area contributed by atoms with E-state index in [0.29, 0.717) is 12.1 Å². The van der Waals surface area contributed by atoms with Crippen molar-refractivity contribution in [3.05, 3.63) is 47.5 Å². The monoisotopic (exact) mass is 219 g/mol. The van der Waals surface area contributed by atoms with E-state index in [4.69, 9.17) is 0 Å². The van der Waals surface area contributed by atoms with Gasteiger partial charge in [0, 0.05) is 24.5 Å². The number of nitrogens with zero attached hydrogens (tertiary/aromatic N) is 2. The van der Waals surface area contributed by atoms with Gasteiger partial charge in [-0.3, -0.25) is 4.68 Å². The second-order valence-corrected chi connectivity index (χ2v) is 3.71. The van der Waals surface area contributed by atoms with Crippen molar-refractivity contribution < 1.29 is 4.39 Å². The van der Waals surface area contributed by atoms with Crippen molar-refractivity contribution >= 4 is 5.69 Å². The normalized spacial score (nSPS) is 10.4. The first-order valence-corrected chi connectivity index (χ1v) is 5.14. The van der Waals surface area contributed by atoms with Crippen LogP contribution in [0.2, 0.25) is 0 Å². The predicted octanol–water partition coefficient (Wildman–Crippen LogP) is 2.48. The quantitative estimate of drug-likeness (QED) is 0.859. The molecule has 16 heavy (non-hydrogen) atoms. The van der Waals surface area contributed by atoms with Gasteiger partial charge in [-0.15, -0.1) is 0 Å². The van der Waals surface area contributed by atoms with Gasteiger partial charge in [-0.05, 0) is 25.1 Å². The van der Waals surface area contributed by atoms with E-state index in [1.807, 2.05) is 19.2 Å². The van der Waals surface area contributed by atoms with Crippen LogP contribution >= 0.6 is 0 Å². The van der Waals surface area contributed by atoms with Gasteiger partial charge in [-0.1, -0.05) is 6.07 Å². The molecule has 2 rings (SSSR count). The van der Waals surface area contributed by atoms with E-state index in [1.165, 1.54) is 6.07 Å². The third-order valence-corrected chi connectivity index (χ3v) is 2.65. The van der Waals surface area contributed by atoms with Gasteiger partial charge < -0.3 is 5.32 Å². The zero-order valence-electron chi connectivity index (χ0n) is 9.37. The summed E-state index contributed by atoms with van der Waals surface area (Å²) in [5.41, 5.74) is 2.52. The molecule has 1 N–H and O–H groups in total. The van der Waals surface area contributed by atoms with Crippen molar-refractivity contribution in [2.45, 2.75) is 13.5 Å². The van der Waals surface area contributed by atoms with E-state index in [0.717, 1.165) is 11.4 Å². The molecule has 1 aromatic carbocycles. The lowest BCUT2D eigenvalue weighted by Gasteiger charge is -2.09. The number of benzene rings is 1. The fraction of sp³-hybridized carbons (Fsp3) is 0.250. The molecule has 0 unspecified atom stereocenters. The smallest absolute Gasteiger partial charge is 0.128 e. The zero-order valence-corrected chi connectivity index (χ0v) is 9.37. The Labute approximate surface area is 93.9 Å². The molecule has 0 fully saturated rings. The van der Waals surface area contributed by atoms with Gasteiger partial charge in [-0.25, -0.2) is 4.39 Å². The molecule has 0 aliphatic rings. The van der Waals surface area contributed by atoms with Crippen LogP contribution in [0, 0.1) is 12.7 Å². The molecule has 0 saturated heterocycles. The standard InChI is InChI=1S/C12H14FN3/c1-9-11(13)4-3-5-12(9)14-8-10-6-7-15-16(10)2/h3-7,14H,8H2,1-2H3. The van der Waals surface area contributed by atoms with Crippen LogP contribution in [0.3, 0.4) is 0 Å². The van der Waals surface area contributed by atoms with Gasteiger partial charge >= 0.3 is 0 Å². The Morgan fingerprint density at radius 3 is 2.88 bits per heavy atom. The van der Waals surface area contributed by atoms with Gasteiger partial charge in [0.05, 0.1) is 12.2 Å². The Kier molecular flexibility index (Phi) is 2.90. The summed E-state index contributed by atoms with van der Waals surface area (Å²) in [5, 5.41) is 7.27. The molecule has 1 heterocycles. The van der Waals surface area contributed by atoms with Gasteiger partial charge in [0.15, 0.2) is 0 Å². The molecule has 0 aliphatic heterocycles. The minimum absolute atomic E-state index is 0.185. The van der Waals surface area contributed by atoms with Crippen molar-refractivity contribution in [2.24, 2.45) is 7.05 Å². The highest BCUT2D eigenvalue weighted by molar-refractivity contribution is 5.51. The van der Waals surface area contributed by atoms with E-state index < -0.39 is 0 Å². The Bertz CT molecular complexity index is 491. The predicted molar refractivity (Wildman–Crippen MR) is 61.7 cm³/mol. The number of hydrogen-bond donors (Lipinski definition) is 1. The first-order valence-electron chi connectivity index (χ1n) is 5.14. The SMILES string of the molecule is Cc1c(F)cccc1NCc1ccnn1C. The maximum absolute atomic E-state index is 13.3. The van der Waals surface area contributed by atoms with E-state index in [-0.39, 0.29) is 5.82 Å². The molecule has 0 aliphatic carbocycles. The summed E-state index contributed by atoms with van der Waals surface area (Å²) in [6, 6.07) is 6.97. The summed E-state index contributed by atoms with van der Waals surface area (Å²) in [7, 11) is 1.88. The Balaban J connectivity index is 2.11. The number of nitrogens with one attached hydrogen (secondary N) is 1. The molecule has 0 bridgehead atoms. The van der Waals surface area contributed by atoms with Crippen molar-refractivity contribution in [3.63, 3.8) is 0 Å². The van der Waals surface area contributed by atoms with Crippen molar-refractivity contribution in [2.75, 3.05) is 5.32 Å². The zero-order chi connectivity index (χ0) is 11.5. The minimum Gasteiger partial charge on any atom is -0.379 e. The topological polar surface area (TPSA) is 29.9 Å². The summed E-state index contributed by atoms with van der Waals surface area (Å²) in [6.07, 6.45) is 1.75. The molecule has 0 atom stereocenters. The first-order chi connectivity index (χ1) is 7.68. The Hall–Kier alpha value is -1.84. The van der Waals surface area contributed by atoms with Crippen LogP contribution in [0.4, 0.5) is 10.1 Å². The van der Waals surface area contributed by atoms with Gasteiger partial charge in [0.25, 0.3) is 0 Å². The summed E-state index contributed by atoms with van der Waals surface area (Å²) < 4.78 is 15.1. The molecule has 0 radical (unpaired) electrons. The number of aryl methyl sites for hydroxylation is 1. The maximum Gasteiger partial charge on any atom is 0.128 e. The summed E-state index contributed by atoms with van der Waals surface area (Å²) in [6.45, 7) is 2.40. The van der Waals surface area contributed by atoms with Crippen LogP contribution in [0.25, 0.3) is 0 Å². The third-order valence-electron chi connectivity index (χ3n) is 2.65. The molecule has 84 valence electrons. The molecule has 4 heteroatoms. The van der Waals surface area contributed by atoms with E-state index in [9.17, 15) is 4.39 Å². The maximum atomic E-state index is 13.3. The lowest BCUT2D eigenvalue weighted by Crippen LogP contribution is -2.06. The molecule has 0 spiro atoms. The molecule has 3 nitrogen and oxygen atoms in total. The minimum atomic E-state index is -0.185. The first kappa shape index (κ1) is 10.7.